The summed E-state index contributed by atoms with van der Waals surface area (Å²) in [7, 11) is 1.58. The van der Waals surface area contributed by atoms with Crippen LogP contribution in [0.4, 0.5) is 0 Å². The number of hydrogen-bond acceptors (Lipinski definition) is 5. The Morgan fingerprint density at radius 3 is 2.47 bits per heavy atom. The number of methoxy groups -OCH3 is 1. The predicted octanol–water partition coefficient (Wildman–Crippen LogP) is 3.40. The van der Waals surface area contributed by atoms with Crippen molar-refractivity contribution in [3.8, 4) is 11.5 Å². The molecule has 1 aromatic heterocycles. The monoisotopic (exact) mass is 409 g/mol. The number of fused-ring (bicyclic) bond motifs is 1. The summed E-state index contributed by atoms with van der Waals surface area (Å²) in [5.74, 6) is 0.914. The van der Waals surface area contributed by atoms with Gasteiger partial charge in [-0.3, -0.25) is 9.59 Å². The van der Waals surface area contributed by atoms with Gasteiger partial charge in [0.25, 0.3) is 11.5 Å². The van der Waals surface area contributed by atoms with Crippen molar-refractivity contribution in [3.63, 3.8) is 0 Å². The van der Waals surface area contributed by atoms with Crippen LogP contribution in [0, 0.1) is 0 Å². The Hall–Kier alpha value is -3.35. The lowest BCUT2D eigenvalue weighted by Crippen LogP contribution is -2.32. The largest absolute Gasteiger partial charge is 0.493 e. The zero-order chi connectivity index (χ0) is 21.3. The van der Waals surface area contributed by atoms with Crippen molar-refractivity contribution in [3.05, 3.63) is 64.6 Å². The number of unbranched alkanes of at least 4 members (excludes halogenated alkanes) is 2. The number of amides is 1. The van der Waals surface area contributed by atoms with Gasteiger partial charge in [0.05, 0.1) is 19.0 Å². The van der Waals surface area contributed by atoms with Gasteiger partial charge in [0.1, 0.15) is 6.61 Å². The second kappa shape index (κ2) is 10.4. The molecule has 0 unspecified atom stereocenters. The summed E-state index contributed by atoms with van der Waals surface area (Å²) in [5.41, 5.74) is 0.0803. The minimum absolute atomic E-state index is 0.169. The molecular weight excluding hydrogens is 382 g/mol. The second-order valence-electron chi connectivity index (χ2n) is 6.88. The van der Waals surface area contributed by atoms with Gasteiger partial charge in [0.15, 0.2) is 17.2 Å². The van der Waals surface area contributed by atoms with Gasteiger partial charge in [0, 0.05) is 11.9 Å². The summed E-state index contributed by atoms with van der Waals surface area (Å²) in [5, 5.41) is 8.25. The summed E-state index contributed by atoms with van der Waals surface area (Å²) >= 11 is 0. The highest BCUT2D eigenvalue weighted by Crippen LogP contribution is 2.25. The summed E-state index contributed by atoms with van der Waals surface area (Å²) in [6, 6.07) is 14.4. The van der Waals surface area contributed by atoms with E-state index in [2.05, 4.69) is 17.3 Å². The fourth-order valence-electron chi connectivity index (χ4n) is 3.21. The average molecular weight is 409 g/mol. The normalized spacial score (nSPS) is 10.7. The van der Waals surface area contributed by atoms with Crippen LogP contribution in [0.1, 0.15) is 36.7 Å². The van der Waals surface area contributed by atoms with E-state index in [0.29, 0.717) is 35.4 Å². The van der Waals surface area contributed by atoms with Crippen molar-refractivity contribution in [1.29, 1.82) is 0 Å². The maximum atomic E-state index is 12.8. The molecule has 7 heteroatoms. The van der Waals surface area contributed by atoms with Gasteiger partial charge in [-0.1, -0.05) is 50.1 Å². The molecule has 1 heterocycles. The average Bonchev–Trinajstić information content (AvgIpc) is 2.78. The number of aryl methyl sites for hydroxylation is 1. The number of nitrogens with zero attached hydrogens (tertiary/aromatic N) is 2. The summed E-state index contributed by atoms with van der Waals surface area (Å²) in [4.78, 5) is 25.5. The first-order valence-corrected chi connectivity index (χ1v) is 10.2. The molecule has 3 rings (SSSR count). The molecule has 0 fully saturated rings. The van der Waals surface area contributed by atoms with E-state index in [1.54, 1.807) is 31.4 Å². The third-order valence-corrected chi connectivity index (χ3v) is 4.77. The van der Waals surface area contributed by atoms with E-state index in [1.807, 2.05) is 24.3 Å². The van der Waals surface area contributed by atoms with E-state index in [0.717, 1.165) is 19.3 Å². The van der Waals surface area contributed by atoms with Crippen LogP contribution in [0.25, 0.3) is 10.8 Å². The third-order valence-electron chi connectivity index (χ3n) is 4.77. The van der Waals surface area contributed by atoms with Crippen molar-refractivity contribution < 1.29 is 14.3 Å². The number of hydrogen-bond donors (Lipinski definition) is 1. The first-order valence-electron chi connectivity index (χ1n) is 10.2. The SMILES string of the molecule is CCCCCn1nc(C(=O)NCCOc2ccccc2OC)c2ccccc2c1=O. The van der Waals surface area contributed by atoms with Gasteiger partial charge >= 0.3 is 0 Å². The summed E-state index contributed by atoms with van der Waals surface area (Å²) in [6.07, 6.45) is 2.89. The standard InChI is InChI=1S/C23H27N3O4/c1-3-4-9-15-26-23(28)18-11-6-5-10-17(18)21(25-26)22(27)24-14-16-30-20-13-8-7-12-19(20)29-2/h5-8,10-13H,3-4,9,14-16H2,1-2H3,(H,24,27). The molecule has 0 spiro atoms. The quantitative estimate of drug-likeness (QED) is 0.519. The molecule has 0 atom stereocenters. The lowest BCUT2D eigenvalue weighted by atomic mass is 10.1. The molecule has 158 valence electrons. The van der Waals surface area contributed by atoms with E-state index in [4.69, 9.17) is 9.47 Å². The minimum Gasteiger partial charge on any atom is -0.493 e. The molecule has 0 aliphatic carbocycles. The summed E-state index contributed by atoms with van der Waals surface area (Å²) < 4.78 is 12.3. The Labute approximate surface area is 175 Å². The van der Waals surface area contributed by atoms with Crippen LogP contribution in [0.2, 0.25) is 0 Å². The van der Waals surface area contributed by atoms with Crippen LogP contribution in [-0.4, -0.2) is 35.9 Å². The van der Waals surface area contributed by atoms with E-state index in [-0.39, 0.29) is 23.8 Å². The zero-order valence-corrected chi connectivity index (χ0v) is 17.4. The number of carbonyl (C=O) groups excluding carboxylic acids is 1. The first kappa shape index (κ1) is 21.4. The molecule has 0 saturated carbocycles. The van der Waals surface area contributed by atoms with Crippen LogP contribution < -0.4 is 20.3 Å². The number of benzene rings is 2. The Morgan fingerprint density at radius 1 is 1.03 bits per heavy atom. The molecule has 0 aliphatic rings. The van der Waals surface area contributed by atoms with Crippen molar-refractivity contribution in [2.75, 3.05) is 20.3 Å². The molecule has 30 heavy (non-hydrogen) atoms. The zero-order valence-electron chi connectivity index (χ0n) is 17.4. The summed E-state index contributed by atoms with van der Waals surface area (Å²) in [6.45, 7) is 3.17. The third kappa shape index (κ3) is 4.97. The Bertz CT molecular complexity index is 1060. The van der Waals surface area contributed by atoms with Crippen LogP contribution in [-0.2, 0) is 6.54 Å². The molecule has 2 aromatic carbocycles. The Morgan fingerprint density at radius 2 is 1.73 bits per heavy atom. The fraction of sp³-hybridized carbons (Fsp3) is 0.348. The van der Waals surface area contributed by atoms with E-state index < -0.39 is 0 Å². The van der Waals surface area contributed by atoms with Crippen LogP contribution >= 0.6 is 0 Å². The van der Waals surface area contributed by atoms with Crippen molar-refractivity contribution in [2.45, 2.75) is 32.7 Å². The molecule has 1 amide bonds. The van der Waals surface area contributed by atoms with E-state index >= 15 is 0 Å². The van der Waals surface area contributed by atoms with Crippen LogP contribution in [0.5, 0.6) is 11.5 Å². The number of nitrogens with one attached hydrogen (secondary N) is 1. The number of para-hydroxylation sites is 2. The second-order valence-corrected chi connectivity index (χ2v) is 6.88. The topological polar surface area (TPSA) is 82.5 Å². The highest BCUT2D eigenvalue weighted by molar-refractivity contribution is 6.04. The van der Waals surface area contributed by atoms with Crippen molar-refractivity contribution in [2.24, 2.45) is 0 Å². The molecule has 0 radical (unpaired) electrons. The number of ether oxygens (including phenoxy) is 2. The van der Waals surface area contributed by atoms with Gasteiger partial charge < -0.3 is 14.8 Å². The van der Waals surface area contributed by atoms with Gasteiger partial charge in [-0.05, 0) is 24.6 Å². The van der Waals surface area contributed by atoms with Crippen molar-refractivity contribution >= 4 is 16.7 Å². The van der Waals surface area contributed by atoms with E-state index in [1.165, 1.54) is 4.68 Å². The minimum atomic E-state index is -0.334. The molecule has 7 nitrogen and oxygen atoms in total. The molecule has 0 saturated heterocycles. The smallest absolute Gasteiger partial charge is 0.274 e. The lowest BCUT2D eigenvalue weighted by molar-refractivity contribution is 0.0941. The number of rotatable bonds is 10. The molecule has 0 aliphatic heterocycles. The lowest BCUT2D eigenvalue weighted by Gasteiger charge is -2.12. The molecule has 0 bridgehead atoms. The van der Waals surface area contributed by atoms with Gasteiger partial charge in [0.2, 0.25) is 0 Å². The van der Waals surface area contributed by atoms with Crippen LogP contribution in [0.3, 0.4) is 0 Å². The maximum absolute atomic E-state index is 12.8. The Kier molecular flexibility index (Phi) is 7.43. The fourth-order valence-corrected chi connectivity index (χ4v) is 3.21. The number of carbonyl (C=O) groups is 1. The Balaban J connectivity index is 1.72. The highest BCUT2D eigenvalue weighted by Gasteiger charge is 2.16. The molecular formula is C23H27N3O4. The highest BCUT2D eigenvalue weighted by atomic mass is 16.5. The van der Waals surface area contributed by atoms with Gasteiger partial charge in [-0.25, -0.2) is 4.68 Å². The van der Waals surface area contributed by atoms with Gasteiger partial charge in [-0.15, -0.1) is 0 Å². The molecule has 1 N–H and O–H groups in total. The first-order chi connectivity index (χ1) is 14.7. The van der Waals surface area contributed by atoms with E-state index in [9.17, 15) is 9.59 Å². The predicted molar refractivity (Wildman–Crippen MR) is 116 cm³/mol. The van der Waals surface area contributed by atoms with Gasteiger partial charge in [-0.2, -0.15) is 5.10 Å². The van der Waals surface area contributed by atoms with Crippen molar-refractivity contribution in [1.82, 2.24) is 15.1 Å². The number of aromatic nitrogens is 2. The maximum Gasteiger partial charge on any atom is 0.274 e. The molecule has 3 aromatic rings. The van der Waals surface area contributed by atoms with Crippen LogP contribution in [0.15, 0.2) is 53.3 Å².